The molecule has 1 aliphatic rings. The van der Waals surface area contributed by atoms with Crippen LogP contribution in [-0.2, 0) is 12.5 Å². The first kappa shape index (κ1) is 27.1. The lowest BCUT2D eigenvalue weighted by Gasteiger charge is -2.34. The lowest BCUT2D eigenvalue weighted by atomic mass is 10.1. The molecular formula is C26H20BrF6N5O. The number of fused-ring (bicyclic) bond motifs is 1. The smallest absolute Gasteiger partial charge is 0.335 e. The Balaban J connectivity index is 1.43. The molecule has 1 saturated heterocycles. The fourth-order valence-corrected chi connectivity index (χ4v) is 4.77. The van der Waals surface area contributed by atoms with Gasteiger partial charge in [0, 0.05) is 48.8 Å². The summed E-state index contributed by atoms with van der Waals surface area (Å²) in [6, 6.07) is 13.9. The monoisotopic (exact) mass is 611 g/mol. The SMILES string of the molecule is O=C(c1cc2nc(-c3ccc(F)cc3)cc(C(F)(F)C(F)(F)F)n2n1)N1CCN(Cc2ccccc2Br)CC1. The number of alkyl halides is 5. The standard InChI is InChI=1S/C26H20BrF6N5O/c27-19-4-2-1-3-17(19)15-36-9-11-37(12-10-36)24(39)21-14-23-34-20(16-5-7-18(28)8-6-16)13-22(38(23)35-21)25(29,30)26(31,32)33/h1-8,13-14H,9-12,15H2. The third kappa shape index (κ3) is 5.37. The molecule has 0 radical (unpaired) electrons. The van der Waals surface area contributed by atoms with Gasteiger partial charge in [0.2, 0.25) is 0 Å². The molecule has 6 nitrogen and oxygen atoms in total. The second kappa shape index (κ2) is 10.3. The quantitative estimate of drug-likeness (QED) is 0.263. The predicted molar refractivity (Wildman–Crippen MR) is 134 cm³/mol. The highest BCUT2D eigenvalue weighted by molar-refractivity contribution is 9.10. The zero-order valence-corrected chi connectivity index (χ0v) is 21.7. The number of nitrogens with zero attached hydrogens (tertiary/aromatic N) is 5. The van der Waals surface area contributed by atoms with E-state index in [1.165, 1.54) is 17.0 Å². The van der Waals surface area contributed by atoms with E-state index in [0.29, 0.717) is 43.3 Å². The number of hydrogen-bond acceptors (Lipinski definition) is 4. The van der Waals surface area contributed by atoms with E-state index < -0.39 is 29.5 Å². The van der Waals surface area contributed by atoms with Crippen LogP contribution < -0.4 is 0 Å². The van der Waals surface area contributed by atoms with Crippen LogP contribution in [0.25, 0.3) is 16.9 Å². The van der Waals surface area contributed by atoms with Crippen molar-refractivity contribution in [2.75, 3.05) is 26.2 Å². The highest BCUT2D eigenvalue weighted by Gasteiger charge is 2.60. The summed E-state index contributed by atoms with van der Waals surface area (Å²) in [6.07, 6.45) is -5.93. The molecular weight excluding hydrogens is 592 g/mol. The molecule has 204 valence electrons. The minimum absolute atomic E-state index is 0.119. The lowest BCUT2D eigenvalue weighted by Crippen LogP contribution is -2.48. The second-order valence-corrected chi connectivity index (χ2v) is 9.92. The van der Waals surface area contributed by atoms with E-state index in [4.69, 9.17) is 0 Å². The van der Waals surface area contributed by atoms with Gasteiger partial charge in [-0.1, -0.05) is 34.1 Å². The molecule has 4 aromatic rings. The molecule has 3 heterocycles. The number of halogens is 7. The molecule has 0 unspecified atom stereocenters. The van der Waals surface area contributed by atoms with Crippen LogP contribution in [0.2, 0.25) is 0 Å². The summed E-state index contributed by atoms with van der Waals surface area (Å²) in [7, 11) is 0. The Labute approximate surface area is 227 Å². The number of rotatable bonds is 5. The Morgan fingerprint density at radius 3 is 2.23 bits per heavy atom. The van der Waals surface area contributed by atoms with Crippen LogP contribution in [-0.4, -0.2) is 62.7 Å². The van der Waals surface area contributed by atoms with Crippen LogP contribution in [0.1, 0.15) is 21.7 Å². The van der Waals surface area contributed by atoms with Gasteiger partial charge in [-0.15, -0.1) is 0 Å². The predicted octanol–water partition coefficient (Wildman–Crippen LogP) is 5.91. The summed E-state index contributed by atoms with van der Waals surface area (Å²) in [6.45, 7) is 2.35. The van der Waals surface area contributed by atoms with Crippen molar-refractivity contribution in [1.29, 1.82) is 0 Å². The molecule has 2 aromatic carbocycles. The van der Waals surface area contributed by atoms with Gasteiger partial charge in [0.25, 0.3) is 5.91 Å². The zero-order chi connectivity index (χ0) is 27.9. The molecule has 1 amide bonds. The van der Waals surface area contributed by atoms with Crippen molar-refractivity contribution in [3.8, 4) is 11.3 Å². The fourth-order valence-electron chi connectivity index (χ4n) is 4.36. The highest BCUT2D eigenvalue weighted by Crippen LogP contribution is 2.44. The fraction of sp³-hybridized carbons (Fsp3) is 0.269. The molecule has 1 fully saturated rings. The summed E-state index contributed by atoms with van der Waals surface area (Å²) in [5.74, 6) is -6.52. The van der Waals surface area contributed by atoms with Crippen LogP contribution in [0, 0.1) is 5.82 Å². The number of amides is 1. The first-order valence-corrected chi connectivity index (χ1v) is 12.6. The van der Waals surface area contributed by atoms with Crippen molar-refractivity contribution < 1.29 is 31.1 Å². The van der Waals surface area contributed by atoms with Crippen LogP contribution >= 0.6 is 15.9 Å². The molecule has 0 atom stereocenters. The summed E-state index contributed by atoms with van der Waals surface area (Å²) in [5.41, 5.74) is -1.23. The Morgan fingerprint density at radius 1 is 0.923 bits per heavy atom. The number of benzene rings is 2. The molecule has 0 spiro atoms. The van der Waals surface area contributed by atoms with Gasteiger partial charge in [-0.05, 0) is 42.0 Å². The third-order valence-electron chi connectivity index (χ3n) is 6.48. The Kier molecular flexibility index (Phi) is 7.14. The molecule has 0 aliphatic carbocycles. The maximum absolute atomic E-state index is 14.6. The first-order chi connectivity index (χ1) is 18.4. The maximum Gasteiger partial charge on any atom is 0.459 e. The first-order valence-electron chi connectivity index (χ1n) is 11.8. The number of aromatic nitrogens is 3. The van der Waals surface area contributed by atoms with E-state index in [-0.39, 0.29) is 22.6 Å². The van der Waals surface area contributed by atoms with Crippen LogP contribution in [0.5, 0.6) is 0 Å². The van der Waals surface area contributed by atoms with E-state index in [2.05, 4.69) is 30.9 Å². The van der Waals surface area contributed by atoms with Gasteiger partial charge < -0.3 is 4.90 Å². The largest absolute Gasteiger partial charge is 0.459 e. The average Bonchev–Trinajstić information content (AvgIpc) is 3.33. The van der Waals surface area contributed by atoms with Gasteiger partial charge >= 0.3 is 12.1 Å². The summed E-state index contributed by atoms with van der Waals surface area (Å²) < 4.78 is 83.9. The van der Waals surface area contributed by atoms with Crippen molar-refractivity contribution in [2.45, 2.75) is 18.6 Å². The number of carbonyl (C=O) groups is 1. The van der Waals surface area contributed by atoms with E-state index in [1.807, 2.05) is 24.3 Å². The van der Waals surface area contributed by atoms with Gasteiger partial charge in [0.1, 0.15) is 11.5 Å². The van der Waals surface area contributed by atoms with E-state index in [9.17, 15) is 31.1 Å². The molecule has 0 bridgehead atoms. The van der Waals surface area contributed by atoms with Crippen molar-refractivity contribution >= 4 is 27.5 Å². The van der Waals surface area contributed by atoms with Crippen LogP contribution in [0.3, 0.4) is 0 Å². The Bertz CT molecular complexity index is 1510. The molecule has 0 N–H and O–H groups in total. The minimum Gasteiger partial charge on any atom is -0.335 e. The summed E-state index contributed by atoms with van der Waals surface area (Å²) in [4.78, 5) is 20.9. The molecule has 13 heteroatoms. The second-order valence-electron chi connectivity index (χ2n) is 9.07. The van der Waals surface area contributed by atoms with Crippen molar-refractivity contribution in [2.24, 2.45) is 0 Å². The van der Waals surface area contributed by atoms with Crippen LogP contribution in [0.15, 0.2) is 65.1 Å². The van der Waals surface area contributed by atoms with Crippen LogP contribution in [0.4, 0.5) is 26.3 Å². The molecule has 1 aliphatic heterocycles. The molecule has 5 rings (SSSR count). The summed E-state index contributed by atoms with van der Waals surface area (Å²) >= 11 is 3.51. The zero-order valence-electron chi connectivity index (χ0n) is 20.1. The van der Waals surface area contributed by atoms with E-state index in [1.54, 1.807) is 0 Å². The van der Waals surface area contributed by atoms with Gasteiger partial charge in [0.15, 0.2) is 11.3 Å². The minimum atomic E-state index is -5.93. The van der Waals surface area contributed by atoms with Gasteiger partial charge in [0.05, 0.1) is 5.69 Å². The van der Waals surface area contributed by atoms with Gasteiger partial charge in [-0.2, -0.15) is 27.1 Å². The van der Waals surface area contributed by atoms with E-state index in [0.717, 1.165) is 28.2 Å². The van der Waals surface area contributed by atoms with Crippen molar-refractivity contribution in [1.82, 2.24) is 24.4 Å². The van der Waals surface area contributed by atoms with Gasteiger partial charge in [-0.25, -0.2) is 13.9 Å². The highest BCUT2D eigenvalue weighted by atomic mass is 79.9. The number of hydrogen-bond donors (Lipinski definition) is 0. The third-order valence-corrected chi connectivity index (χ3v) is 7.25. The topological polar surface area (TPSA) is 53.7 Å². The van der Waals surface area contributed by atoms with Crippen molar-refractivity contribution in [3.63, 3.8) is 0 Å². The Hall–Kier alpha value is -3.45. The number of piperazine rings is 1. The lowest BCUT2D eigenvalue weighted by molar-refractivity contribution is -0.291. The number of carbonyl (C=O) groups excluding carboxylic acids is 1. The van der Waals surface area contributed by atoms with Gasteiger partial charge in [-0.3, -0.25) is 9.69 Å². The molecule has 0 saturated carbocycles. The summed E-state index contributed by atoms with van der Waals surface area (Å²) in [5, 5.41) is 3.82. The van der Waals surface area contributed by atoms with E-state index >= 15 is 0 Å². The average molecular weight is 612 g/mol. The van der Waals surface area contributed by atoms with Crippen molar-refractivity contribution in [3.05, 3.63) is 87.9 Å². The molecule has 2 aromatic heterocycles. The molecule has 39 heavy (non-hydrogen) atoms. The maximum atomic E-state index is 14.6. The normalized spacial score (nSPS) is 15.2. The Morgan fingerprint density at radius 2 is 1.59 bits per heavy atom.